The molecule has 0 amide bonds. The van der Waals surface area contributed by atoms with E-state index in [1.54, 1.807) is 0 Å². The van der Waals surface area contributed by atoms with Crippen molar-refractivity contribution in [3.63, 3.8) is 0 Å². The number of nitrogens with two attached hydrogens (primary N) is 1. The number of ether oxygens (including phenoxy) is 1. The molecular formula is C8H9F3N2O. The summed E-state index contributed by atoms with van der Waals surface area (Å²) >= 11 is 0. The van der Waals surface area contributed by atoms with Gasteiger partial charge in [0.2, 0.25) is 5.95 Å². The van der Waals surface area contributed by atoms with E-state index in [9.17, 15) is 13.2 Å². The average molecular weight is 206 g/mol. The van der Waals surface area contributed by atoms with Crippen LogP contribution in [0, 0.1) is 5.95 Å². The summed E-state index contributed by atoms with van der Waals surface area (Å²) in [5, 5.41) is 0. The molecule has 0 spiro atoms. The molecule has 0 aliphatic rings. The second-order valence-corrected chi connectivity index (χ2v) is 2.51. The Hall–Kier alpha value is -1.30. The molecule has 6 heteroatoms. The largest absolute Gasteiger partial charge is 0.496 e. The number of halogens is 3. The van der Waals surface area contributed by atoms with E-state index in [1.165, 1.54) is 7.11 Å². The van der Waals surface area contributed by atoms with Gasteiger partial charge in [-0.25, -0.2) is 13.8 Å². The Bertz CT molecular complexity index is 305. The third kappa shape index (κ3) is 1.95. The second-order valence-electron chi connectivity index (χ2n) is 2.51. The Balaban J connectivity index is 3.33. The van der Waals surface area contributed by atoms with Gasteiger partial charge in [-0.3, -0.25) is 0 Å². The second kappa shape index (κ2) is 4.28. The van der Waals surface area contributed by atoms with Crippen molar-refractivity contribution in [1.82, 2.24) is 4.98 Å². The van der Waals surface area contributed by atoms with Crippen molar-refractivity contribution in [2.75, 3.05) is 7.11 Å². The average Bonchev–Trinajstić information content (AvgIpc) is 2.15. The van der Waals surface area contributed by atoms with Crippen molar-refractivity contribution in [1.29, 1.82) is 0 Å². The normalized spacial score (nSPS) is 10.7. The Morgan fingerprint density at radius 3 is 2.64 bits per heavy atom. The van der Waals surface area contributed by atoms with Gasteiger partial charge in [-0.05, 0) is 0 Å². The quantitative estimate of drug-likeness (QED) is 0.764. The molecule has 0 saturated carbocycles. The summed E-state index contributed by atoms with van der Waals surface area (Å²) in [5.74, 6) is -1.11. The van der Waals surface area contributed by atoms with Gasteiger partial charge in [0, 0.05) is 12.6 Å². The molecule has 0 aliphatic heterocycles. The predicted octanol–water partition coefficient (Wildman–Crippen LogP) is 1.63. The molecular weight excluding hydrogens is 197 g/mol. The minimum absolute atomic E-state index is 0.183. The number of hydrogen-bond acceptors (Lipinski definition) is 3. The molecule has 0 fully saturated rings. The maximum atomic E-state index is 12.8. The van der Waals surface area contributed by atoms with E-state index in [0.717, 1.165) is 6.07 Å². The van der Waals surface area contributed by atoms with Gasteiger partial charge in [-0.15, -0.1) is 0 Å². The number of alkyl halides is 2. The lowest BCUT2D eigenvalue weighted by atomic mass is 10.2. The molecule has 1 heterocycles. The number of nitrogens with zero attached hydrogens (tertiary/aromatic N) is 1. The highest BCUT2D eigenvalue weighted by molar-refractivity contribution is 5.37. The monoisotopic (exact) mass is 206 g/mol. The summed E-state index contributed by atoms with van der Waals surface area (Å²) in [6.45, 7) is -0.256. The van der Waals surface area contributed by atoms with Gasteiger partial charge < -0.3 is 10.5 Å². The summed E-state index contributed by atoms with van der Waals surface area (Å²) < 4.78 is 42.4. The standard InChI is InChI=1S/C8H9F3N2O/c1-14-5-2-6(9)13-4(3-12)7(5)8(10)11/h2,8H,3,12H2,1H3. The van der Waals surface area contributed by atoms with E-state index in [-0.39, 0.29) is 18.0 Å². The maximum Gasteiger partial charge on any atom is 0.269 e. The minimum atomic E-state index is -2.78. The highest BCUT2D eigenvalue weighted by atomic mass is 19.3. The van der Waals surface area contributed by atoms with Crippen LogP contribution in [-0.2, 0) is 6.54 Å². The molecule has 1 aromatic heterocycles. The van der Waals surface area contributed by atoms with E-state index in [0.29, 0.717) is 0 Å². The van der Waals surface area contributed by atoms with E-state index >= 15 is 0 Å². The molecule has 78 valence electrons. The zero-order valence-electron chi connectivity index (χ0n) is 7.43. The van der Waals surface area contributed by atoms with Gasteiger partial charge in [0.25, 0.3) is 6.43 Å². The van der Waals surface area contributed by atoms with E-state index in [1.807, 2.05) is 0 Å². The number of aromatic nitrogens is 1. The Kier molecular flexibility index (Phi) is 3.29. The summed E-state index contributed by atoms with van der Waals surface area (Å²) in [4.78, 5) is 3.27. The van der Waals surface area contributed by atoms with Crippen LogP contribution < -0.4 is 10.5 Å². The third-order valence-corrected chi connectivity index (χ3v) is 1.70. The van der Waals surface area contributed by atoms with Crippen molar-refractivity contribution in [2.45, 2.75) is 13.0 Å². The maximum absolute atomic E-state index is 12.8. The van der Waals surface area contributed by atoms with Gasteiger partial charge in [-0.1, -0.05) is 0 Å². The molecule has 0 unspecified atom stereocenters. The van der Waals surface area contributed by atoms with Crippen LogP contribution in [0.15, 0.2) is 6.07 Å². The summed E-state index contributed by atoms with van der Waals surface area (Å²) in [7, 11) is 1.18. The van der Waals surface area contributed by atoms with Gasteiger partial charge in [0.1, 0.15) is 5.75 Å². The molecule has 2 N–H and O–H groups in total. The van der Waals surface area contributed by atoms with Crippen molar-refractivity contribution in [3.05, 3.63) is 23.3 Å². The summed E-state index contributed by atoms with van der Waals surface area (Å²) in [6, 6.07) is 0.806. The fourth-order valence-electron chi connectivity index (χ4n) is 1.11. The van der Waals surface area contributed by atoms with Gasteiger partial charge >= 0.3 is 0 Å². The minimum Gasteiger partial charge on any atom is -0.496 e. The SMILES string of the molecule is COc1cc(F)nc(CN)c1C(F)F. The Morgan fingerprint density at radius 1 is 1.57 bits per heavy atom. The fraction of sp³-hybridized carbons (Fsp3) is 0.375. The number of methoxy groups -OCH3 is 1. The lowest BCUT2D eigenvalue weighted by Crippen LogP contribution is -2.08. The van der Waals surface area contributed by atoms with Crippen LogP contribution in [0.25, 0.3) is 0 Å². The lowest BCUT2D eigenvalue weighted by Gasteiger charge is -2.11. The summed E-state index contributed by atoms with van der Waals surface area (Å²) in [6.07, 6.45) is -2.78. The van der Waals surface area contributed by atoms with Crippen LogP contribution in [0.4, 0.5) is 13.2 Å². The van der Waals surface area contributed by atoms with Crippen LogP contribution in [0.3, 0.4) is 0 Å². The van der Waals surface area contributed by atoms with Gasteiger partial charge in [-0.2, -0.15) is 4.39 Å². The van der Waals surface area contributed by atoms with Crippen LogP contribution in [-0.4, -0.2) is 12.1 Å². The van der Waals surface area contributed by atoms with E-state index < -0.39 is 17.9 Å². The number of hydrogen-bond donors (Lipinski definition) is 1. The highest BCUT2D eigenvalue weighted by Gasteiger charge is 2.20. The number of rotatable bonds is 3. The first kappa shape index (κ1) is 10.8. The molecule has 1 rings (SSSR count). The molecule has 0 aromatic carbocycles. The van der Waals surface area contributed by atoms with Crippen LogP contribution >= 0.6 is 0 Å². The molecule has 0 radical (unpaired) electrons. The van der Waals surface area contributed by atoms with Gasteiger partial charge in [0.05, 0.1) is 18.4 Å². The Morgan fingerprint density at radius 2 is 2.21 bits per heavy atom. The smallest absolute Gasteiger partial charge is 0.269 e. The van der Waals surface area contributed by atoms with Crippen molar-refractivity contribution >= 4 is 0 Å². The zero-order valence-corrected chi connectivity index (χ0v) is 7.43. The summed E-state index contributed by atoms with van der Waals surface area (Å²) in [5.41, 5.74) is 4.53. The predicted molar refractivity (Wildman–Crippen MR) is 43.6 cm³/mol. The highest BCUT2D eigenvalue weighted by Crippen LogP contribution is 2.31. The first-order valence-corrected chi connectivity index (χ1v) is 3.81. The Labute approximate surface area is 78.7 Å². The topological polar surface area (TPSA) is 48.1 Å². The van der Waals surface area contributed by atoms with Crippen molar-refractivity contribution in [3.8, 4) is 5.75 Å². The van der Waals surface area contributed by atoms with E-state index in [4.69, 9.17) is 5.73 Å². The van der Waals surface area contributed by atoms with Gasteiger partial charge in [0.15, 0.2) is 0 Å². The molecule has 3 nitrogen and oxygen atoms in total. The van der Waals surface area contributed by atoms with Crippen molar-refractivity contribution < 1.29 is 17.9 Å². The van der Waals surface area contributed by atoms with Crippen LogP contribution in [0.5, 0.6) is 5.75 Å². The van der Waals surface area contributed by atoms with Crippen molar-refractivity contribution in [2.24, 2.45) is 5.73 Å². The van der Waals surface area contributed by atoms with Crippen LogP contribution in [0.2, 0.25) is 0 Å². The third-order valence-electron chi connectivity index (χ3n) is 1.70. The first-order chi connectivity index (χ1) is 6.60. The molecule has 0 bridgehead atoms. The van der Waals surface area contributed by atoms with Crippen LogP contribution in [0.1, 0.15) is 17.7 Å². The molecule has 14 heavy (non-hydrogen) atoms. The molecule has 0 aliphatic carbocycles. The molecule has 0 saturated heterocycles. The fourth-order valence-corrected chi connectivity index (χ4v) is 1.11. The zero-order chi connectivity index (χ0) is 10.7. The first-order valence-electron chi connectivity index (χ1n) is 3.81. The molecule has 0 atom stereocenters. The lowest BCUT2D eigenvalue weighted by molar-refractivity contribution is 0.145. The van der Waals surface area contributed by atoms with E-state index in [2.05, 4.69) is 9.72 Å². The number of pyridine rings is 1. The molecule has 1 aromatic rings.